The first-order valence-electron chi connectivity index (χ1n) is 6.20. The van der Waals surface area contributed by atoms with Gasteiger partial charge in [-0.2, -0.15) is 5.10 Å². The van der Waals surface area contributed by atoms with E-state index in [0.717, 1.165) is 16.0 Å². The maximum Gasteiger partial charge on any atom is 0.277 e. The topological polar surface area (TPSA) is 50.7 Å². The molecule has 0 bridgehead atoms. The van der Waals surface area contributed by atoms with Crippen LogP contribution in [0.3, 0.4) is 0 Å². The van der Waals surface area contributed by atoms with Gasteiger partial charge in [0, 0.05) is 4.88 Å². The largest absolute Gasteiger partial charge is 0.484 e. The van der Waals surface area contributed by atoms with Crippen LogP contribution in [0.1, 0.15) is 16.0 Å². The third-order valence-electron chi connectivity index (χ3n) is 2.49. The number of rotatable bonds is 5. The van der Waals surface area contributed by atoms with Crippen LogP contribution in [0, 0.1) is 13.8 Å². The Morgan fingerprint density at radius 3 is 2.75 bits per heavy atom. The quantitative estimate of drug-likeness (QED) is 0.679. The van der Waals surface area contributed by atoms with Crippen LogP contribution in [-0.2, 0) is 4.79 Å². The molecule has 0 aliphatic carbocycles. The summed E-state index contributed by atoms with van der Waals surface area (Å²) in [5.41, 5.74) is 4.65. The lowest BCUT2D eigenvalue weighted by Crippen LogP contribution is -2.24. The maximum absolute atomic E-state index is 11.6. The highest BCUT2D eigenvalue weighted by Crippen LogP contribution is 2.15. The summed E-state index contributed by atoms with van der Waals surface area (Å²) in [4.78, 5) is 12.6. The second-order valence-corrected chi connectivity index (χ2v) is 5.40. The Hall–Kier alpha value is -2.14. The maximum atomic E-state index is 11.6. The first-order chi connectivity index (χ1) is 9.63. The Morgan fingerprint density at radius 1 is 1.35 bits per heavy atom. The number of carbonyl (C=O) groups excluding carboxylic acids is 1. The highest BCUT2D eigenvalue weighted by atomic mass is 32.1. The molecule has 1 heterocycles. The summed E-state index contributed by atoms with van der Waals surface area (Å²) in [6, 6.07) is 9.70. The zero-order chi connectivity index (χ0) is 14.4. The van der Waals surface area contributed by atoms with Crippen LogP contribution in [0.15, 0.2) is 40.8 Å². The minimum Gasteiger partial charge on any atom is -0.484 e. The van der Waals surface area contributed by atoms with E-state index in [1.54, 1.807) is 17.6 Å². The molecular weight excluding hydrogens is 272 g/mol. The van der Waals surface area contributed by atoms with Crippen molar-refractivity contribution in [1.82, 2.24) is 5.43 Å². The van der Waals surface area contributed by atoms with Gasteiger partial charge in [0.1, 0.15) is 5.75 Å². The molecule has 0 saturated carbocycles. The predicted octanol–water partition coefficient (Wildman–Crippen LogP) is 2.89. The highest BCUT2D eigenvalue weighted by molar-refractivity contribution is 7.11. The standard InChI is InChI=1S/C15H16N2O2S/c1-11-6-12(2)8-13(7-11)19-10-15(18)17-16-9-14-4-3-5-20-14/h3-9H,10H2,1-2H3,(H,17,18)/b16-9+. The minimum absolute atomic E-state index is 0.0509. The fourth-order valence-electron chi connectivity index (χ4n) is 1.73. The average Bonchev–Trinajstić information content (AvgIpc) is 2.88. The summed E-state index contributed by atoms with van der Waals surface area (Å²) >= 11 is 1.56. The van der Waals surface area contributed by atoms with Gasteiger partial charge in [0.15, 0.2) is 6.61 Å². The van der Waals surface area contributed by atoms with Crippen molar-refractivity contribution in [3.05, 3.63) is 51.7 Å². The second-order valence-electron chi connectivity index (χ2n) is 4.42. The summed E-state index contributed by atoms with van der Waals surface area (Å²) in [6.45, 7) is 3.93. The van der Waals surface area contributed by atoms with Crippen molar-refractivity contribution in [2.24, 2.45) is 5.10 Å². The molecule has 104 valence electrons. The molecule has 0 aliphatic heterocycles. The molecule has 0 saturated heterocycles. The van der Waals surface area contributed by atoms with Gasteiger partial charge >= 0.3 is 0 Å². The lowest BCUT2D eigenvalue weighted by atomic mass is 10.1. The summed E-state index contributed by atoms with van der Waals surface area (Å²) < 4.78 is 5.43. The van der Waals surface area contributed by atoms with Crippen LogP contribution >= 0.6 is 11.3 Å². The van der Waals surface area contributed by atoms with E-state index in [2.05, 4.69) is 16.6 Å². The zero-order valence-corrected chi connectivity index (χ0v) is 12.2. The highest BCUT2D eigenvalue weighted by Gasteiger charge is 2.02. The lowest BCUT2D eigenvalue weighted by Gasteiger charge is -2.07. The molecule has 2 rings (SSSR count). The zero-order valence-electron chi connectivity index (χ0n) is 11.4. The number of amides is 1. The Balaban J connectivity index is 1.80. The number of ether oxygens (including phenoxy) is 1. The summed E-state index contributed by atoms with van der Waals surface area (Å²) in [5.74, 6) is 0.414. The Labute approximate surface area is 122 Å². The molecular formula is C15H16N2O2S. The van der Waals surface area contributed by atoms with Gasteiger partial charge in [-0.05, 0) is 48.6 Å². The predicted molar refractivity (Wildman–Crippen MR) is 81.5 cm³/mol. The molecule has 0 radical (unpaired) electrons. The molecule has 0 atom stereocenters. The Morgan fingerprint density at radius 2 is 2.10 bits per heavy atom. The van der Waals surface area contributed by atoms with Gasteiger partial charge in [0.2, 0.25) is 0 Å². The fraction of sp³-hybridized carbons (Fsp3) is 0.200. The molecule has 0 aliphatic rings. The normalized spacial score (nSPS) is 10.7. The molecule has 1 aromatic carbocycles. The number of hydrazone groups is 1. The molecule has 1 aromatic heterocycles. The molecule has 20 heavy (non-hydrogen) atoms. The van der Waals surface area contributed by atoms with Gasteiger partial charge < -0.3 is 4.74 Å². The van der Waals surface area contributed by atoms with E-state index in [9.17, 15) is 4.79 Å². The van der Waals surface area contributed by atoms with E-state index in [0.29, 0.717) is 5.75 Å². The Bertz CT molecular complexity index is 586. The van der Waals surface area contributed by atoms with Crippen molar-refractivity contribution in [2.75, 3.05) is 6.61 Å². The Kier molecular flexibility index (Phi) is 4.90. The third-order valence-corrected chi connectivity index (χ3v) is 3.30. The SMILES string of the molecule is Cc1cc(C)cc(OCC(=O)N/N=C/c2cccs2)c1. The number of hydrogen-bond donors (Lipinski definition) is 1. The van der Waals surface area contributed by atoms with E-state index in [1.807, 2.05) is 43.5 Å². The van der Waals surface area contributed by atoms with E-state index in [1.165, 1.54) is 0 Å². The number of benzene rings is 1. The number of hydrogen-bond acceptors (Lipinski definition) is 4. The van der Waals surface area contributed by atoms with Crippen LogP contribution in [0.4, 0.5) is 0 Å². The van der Waals surface area contributed by atoms with Gasteiger partial charge in [-0.1, -0.05) is 12.1 Å². The van der Waals surface area contributed by atoms with E-state index in [4.69, 9.17) is 4.74 Å². The molecule has 0 spiro atoms. The number of nitrogens with zero attached hydrogens (tertiary/aromatic N) is 1. The van der Waals surface area contributed by atoms with Crippen LogP contribution in [-0.4, -0.2) is 18.7 Å². The van der Waals surface area contributed by atoms with Crippen molar-refractivity contribution >= 4 is 23.5 Å². The van der Waals surface area contributed by atoms with Gasteiger partial charge in [0.05, 0.1) is 6.21 Å². The molecule has 4 nitrogen and oxygen atoms in total. The van der Waals surface area contributed by atoms with Crippen molar-refractivity contribution in [2.45, 2.75) is 13.8 Å². The minimum atomic E-state index is -0.281. The molecule has 1 N–H and O–H groups in total. The first-order valence-corrected chi connectivity index (χ1v) is 7.08. The number of thiophene rings is 1. The summed E-state index contributed by atoms with van der Waals surface area (Å²) in [7, 11) is 0. The van der Waals surface area contributed by atoms with Crippen LogP contribution in [0.2, 0.25) is 0 Å². The number of nitrogens with one attached hydrogen (secondary N) is 1. The smallest absolute Gasteiger partial charge is 0.277 e. The molecule has 1 amide bonds. The second kappa shape index (κ2) is 6.86. The van der Waals surface area contributed by atoms with Crippen molar-refractivity contribution in [3.63, 3.8) is 0 Å². The first kappa shape index (κ1) is 14.3. The monoisotopic (exact) mass is 288 g/mol. The summed E-state index contributed by atoms with van der Waals surface area (Å²) in [6.07, 6.45) is 1.61. The molecule has 0 unspecified atom stereocenters. The van der Waals surface area contributed by atoms with Gasteiger partial charge in [-0.25, -0.2) is 5.43 Å². The molecule has 2 aromatic rings. The van der Waals surface area contributed by atoms with Crippen LogP contribution in [0.25, 0.3) is 0 Å². The van der Waals surface area contributed by atoms with E-state index < -0.39 is 0 Å². The lowest BCUT2D eigenvalue weighted by molar-refractivity contribution is -0.123. The number of carbonyl (C=O) groups is 1. The average molecular weight is 288 g/mol. The summed E-state index contributed by atoms with van der Waals surface area (Å²) in [5, 5.41) is 5.82. The van der Waals surface area contributed by atoms with Crippen molar-refractivity contribution in [3.8, 4) is 5.75 Å². The van der Waals surface area contributed by atoms with Crippen LogP contribution < -0.4 is 10.2 Å². The van der Waals surface area contributed by atoms with Crippen LogP contribution in [0.5, 0.6) is 5.75 Å². The van der Waals surface area contributed by atoms with Crippen molar-refractivity contribution < 1.29 is 9.53 Å². The molecule has 0 fully saturated rings. The van der Waals surface area contributed by atoms with Gasteiger partial charge in [-0.15, -0.1) is 11.3 Å². The van der Waals surface area contributed by atoms with E-state index in [-0.39, 0.29) is 12.5 Å². The molecule has 5 heteroatoms. The number of aryl methyl sites for hydroxylation is 2. The van der Waals surface area contributed by atoms with Gasteiger partial charge in [-0.3, -0.25) is 4.79 Å². The van der Waals surface area contributed by atoms with E-state index >= 15 is 0 Å². The third kappa shape index (κ3) is 4.51. The van der Waals surface area contributed by atoms with Gasteiger partial charge in [0.25, 0.3) is 5.91 Å². The fourth-order valence-corrected chi connectivity index (χ4v) is 2.31. The van der Waals surface area contributed by atoms with Crippen molar-refractivity contribution in [1.29, 1.82) is 0 Å².